The third kappa shape index (κ3) is 1.43. The fourth-order valence-corrected chi connectivity index (χ4v) is 4.89. The minimum atomic E-state index is 0.692. The molecule has 4 rings (SSSR count). The second-order valence-corrected chi connectivity index (χ2v) is 6.68. The van der Waals surface area contributed by atoms with Crippen molar-refractivity contribution in [3.63, 3.8) is 0 Å². The van der Waals surface area contributed by atoms with Gasteiger partial charge in [0.1, 0.15) is 10.3 Å². The van der Waals surface area contributed by atoms with Crippen LogP contribution in [0.1, 0.15) is 43.0 Å². The average Bonchev–Trinajstić information content (AvgIpc) is 3.03. The molecular weight excluding hydrogens is 288 g/mol. The maximum Gasteiger partial charge on any atom is 0.138 e. The number of hydrogen-bond acceptors (Lipinski definition) is 1. The molecule has 0 radical (unpaired) electrons. The lowest BCUT2D eigenvalue weighted by molar-refractivity contribution is 0.413. The minimum absolute atomic E-state index is 0.692. The molecule has 0 aromatic carbocycles. The van der Waals surface area contributed by atoms with Crippen molar-refractivity contribution in [1.82, 2.24) is 9.38 Å². The zero-order valence-corrected chi connectivity index (χ0v) is 12.2. The zero-order valence-electron chi connectivity index (χ0n) is 10.6. The Morgan fingerprint density at radius 1 is 1.28 bits per heavy atom. The van der Waals surface area contributed by atoms with Crippen LogP contribution in [-0.4, -0.2) is 9.38 Å². The molecule has 2 nitrogen and oxygen atoms in total. The number of nitrogens with zero attached hydrogens (tertiary/aromatic N) is 2. The molecule has 2 fully saturated rings. The van der Waals surface area contributed by atoms with E-state index >= 15 is 0 Å². The first kappa shape index (κ1) is 11.0. The van der Waals surface area contributed by atoms with Crippen LogP contribution in [0.2, 0.25) is 0 Å². The zero-order chi connectivity index (χ0) is 12.3. The predicted octanol–water partition coefficient (Wildman–Crippen LogP) is 4.31. The molecule has 18 heavy (non-hydrogen) atoms. The smallest absolute Gasteiger partial charge is 0.138 e. The van der Waals surface area contributed by atoms with Gasteiger partial charge in [0.15, 0.2) is 0 Å². The van der Waals surface area contributed by atoms with Gasteiger partial charge in [-0.25, -0.2) is 4.98 Å². The van der Waals surface area contributed by atoms with Crippen LogP contribution >= 0.6 is 15.9 Å². The number of aromatic nitrogens is 2. The fourth-order valence-electron chi connectivity index (χ4n) is 4.05. The first-order valence-corrected chi connectivity index (χ1v) is 7.67. The van der Waals surface area contributed by atoms with Gasteiger partial charge in [-0.2, -0.15) is 0 Å². The van der Waals surface area contributed by atoms with Crippen molar-refractivity contribution >= 4 is 21.6 Å². The lowest BCUT2D eigenvalue weighted by atomic mass is 9.87. The van der Waals surface area contributed by atoms with Crippen molar-refractivity contribution < 1.29 is 0 Å². The highest BCUT2D eigenvalue weighted by Gasteiger charge is 2.42. The van der Waals surface area contributed by atoms with Crippen LogP contribution in [-0.2, 0) is 0 Å². The largest absolute Gasteiger partial charge is 0.291 e. The quantitative estimate of drug-likeness (QED) is 0.767. The summed E-state index contributed by atoms with van der Waals surface area (Å²) in [5.74, 6) is 2.55. The molecule has 3 atom stereocenters. The Balaban J connectivity index is 1.86. The number of hydrogen-bond donors (Lipinski definition) is 0. The summed E-state index contributed by atoms with van der Waals surface area (Å²) < 4.78 is 3.43. The maximum atomic E-state index is 4.89. The molecule has 3 unspecified atom stereocenters. The van der Waals surface area contributed by atoms with Crippen molar-refractivity contribution in [2.45, 2.75) is 38.5 Å². The lowest BCUT2D eigenvalue weighted by Crippen LogP contribution is -2.09. The molecule has 0 N–H and O–H groups in total. The summed E-state index contributed by atoms with van der Waals surface area (Å²) in [6.45, 7) is 2.14. The first-order valence-electron chi connectivity index (χ1n) is 6.87. The van der Waals surface area contributed by atoms with E-state index in [0.717, 1.165) is 17.5 Å². The van der Waals surface area contributed by atoms with Crippen LogP contribution < -0.4 is 0 Å². The molecule has 2 aliphatic rings. The Kier molecular flexibility index (Phi) is 2.35. The maximum absolute atomic E-state index is 4.89. The van der Waals surface area contributed by atoms with Gasteiger partial charge in [0.25, 0.3) is 0 Å². The van der Waals surface area contributed by atoms with Crippen LogP contribution in [0.5, 0.6) is 0 Å². The number of rotatable bonds is 1. The van der Waals surface area contributed by atoms with Crippen LogP contribution in [0.4, 0.5) is 0 Å². The Morgan fingerprint density at radius 3 is 2.83 bits per heavy atom. The van der Waals surface area contributed by atoms with E-state index in [1.54, 1.807) is 0 Å². The molecule has 2 bridgehead atoms. The molecule has 2 aromatic rings. The molecule has 2 heterocycles. The second-order valence-electron chi connectivity index (χ2n) is 5.93. The highest BCUT2D eigenvalue weighted by Crippen LogP contribution is 2.53. The topological polar surface area (TPSA) is 17.3 Å². The third-order valence-corrected chi connectivity index (χ3v) is 5.66. The number of pyridine rings is 1. The van der Waals surface area contributed by atoms with E-state index in [2.05, 4.69) is 45.5 Å². The van der Waals surface area contributed by atoms with Crippen molar-refractivity contribution in [2.75, 3.05) is 0 Å². The Hall–Kier alpha value is -0.830. The molecule has 0 spiro atoms. The molecule has 0 aliphatic heterocycles. The monoisotopic (exact) mass is 304 g/mol. The van der Waals surface area contributed by atoms with Crippen molar-refractivity contribution in [3.05, 3.63) is 34.2 Å². The van der Waals surface area contributed by atoms with Gasteiger partial charge < -0.3 is 0 Å². The van der Waals surface area contributed by atoms with Crippen molar-refractivity contribution in [2.24, 2.45) is 11.8 Å². The van der Waals surface area contributed by atoms with E-state index < -0.39 is 0 Å². The van der Waals surface area contributed by atoms with E-state index in [1.807, 2.05) is 0 Å². The summed E-state index contributed by atoms with van der Waals surface area (Å²) in [6.07, 6.45) is 5.65. The highest BCUT2D eigenvalue weighted by molar-refractivity contribution is 9.10. The van der Waals surface area contributed by atoms with Crippen LogP contribution in [0, 0.1) is 18.8 Å². The van der Waals surface area contributed by atoms with Gasteiger partial charge in [0, 0.05) is 11.6 Å². The van der Waals surface area contributed by atoms with Gasteiger partial charge in [-0.05, 0) is 66.1 Å². The summed E-state index contributed by atoms with van der Waals surface area (Å²) in [6, 6.07) is 6.34. The summed E-state index contributed by atoms with van der Waals surface area (Å²) in [7, 11) is 0. The predicted molar refractivity (Wildman–Crippen MR) is 75.8 cm³/mol. The minimum Gasteiger partial charge on any atom is -0.291 e. The van der Waals surface area contributed by atoms with Crippen LogP contribution in [0.3, 0.4) is 0 Å². The van der Waals surface area contributed by atoms with Gasteiger partial charge in [0.05, 0.1) is 5.69 Å². The molecule has 94 valence electrons. The van der Waals surface area contributed by atoms with Gasteiger partial charge >= 0.3 is 0 Å². The summed E-state index contributed by atoms with van der Waals surface area (Å²) in [4.78, 5) is 4.89. The number of fused-ring (bicyclic) bond motifs is 3. The molecule has 0 amide bonds. The van der Waals surface area contributed by atoms with Crippen molar-refractivity contribution in [1.29, 1.82) is 0 Å². The summed E-state index contributed by atoms with van der Waals surface area (Å²) in [5.41, 5.74) is 3.64. The van der Waals surface area contributed by atoms with Crippen LogP contribution in [0.25, 0.3) is 5.65 Å². The molecule has 2 aliphatic carbocycles. The van der Waals surface area contributed by atoms with E-state index in [4.69, 9.17) is 4.98 Å². The molecule has 2 aromatic heterocycles. The average molecular weight is 305 g/mol. The van der Waals surface area contributed by atoms with E-state index in [0.29, 0.717) is 5.92 Å². The standard InChI is InChI=1S/C15H17BrN2/c1-9-3-2-4-13-17-14(15(16)18(9)13)12-8-10-5-6-11(12)7-10/h2-4,10-12H,5-8H2,1H3. The van der Waals surface area contributed by atoms with Gasteiger partial charge in [-0.15, -0.1) is 0 Å². The Bertz CT molecular complexity index is 616. The summed E-state index contributed by atoms with van der Waals surface area (Å²) in [5, 5.41) is 0. The van der Waals surface area contributed by atoms with E-state index in [1.165, 1.54) is 41.7 Å². The fraction of sp³-hybridized carbons (Fsp3) is 0.533. The number of aryl methyl sites for hydroxylation is 1. The lowest BCUT2D eigenvalue weighted by Gasteiger charge is -2.20. The van der Waals surface area contributed by atoms with Gasteiger partial charge in [0.2, 0.25) is 0 Å². The Morgan fingerprint density at radius 2 is 2.17 bits per heavy atom. The molecule has 0 saturated heterocycles. The van der Waals surface area contributed by atoms with Crippen LogP contribution in [0.15, 0.2) is 22.8 Å². The normalized spacial score (nSPS) is 30.4. The second kappa shape index (κ2) is 3.83. The molecule has 2 saturated carbocycles. The van der Waals surface area contributed by atoms with Crippen molar-refractivity contribution in [3.8, 4) is 0 Å². The van der Waals surface area contributed by atoms with E-state index in [-0.39, 0.29) is 0 Å². The van der Waals surface area contributed by atoms with E-state index in [9.17, 15) is 0 Å². The number of halogens is 1. The van der Waals surface area contributed by atoms with Gasteiger partial charge in [-0.1, -0.05) is 12.5 Å². The number of imidazole rings is 1. The SMILES string of the molecule is Cc1cccc2nc(C3CC4CCC3C4)c(Br)n12. The Labute approximate surface area is 116 Å². The summed E-state index contributed by atoms with van der Waals surface area (Å²) >= 11 is 3.78. The first-order chi connectivity index (χ1) is 8.74. The molecular formula is C15H17BrN2. The van der Waals surface area contributed by atoms with Gasteiger partial charge in [-0.3, -0.25) is 4.40 Å². The molecule has 3 heteroatoms. The highest BCUT2D eigenvalue weighted by atomic mass is 79.9. The third-order valence-electron chi connectivity index (χ3n) is 4.90.